The van der Waals surface area contributed by atoms with Crippen LogP contribution in [0.15, 0.2) is 11.1 Å². The molecule has 0 amide bonds. The molecule has 0 bridgehead atoms. The molecule has 0 radical (unpaired) electrons. The summed E-state index contributed by atoms with van der Waals surface area (Å²) in [6.07, 6.45) is 2.33. The van der Waals surface area contributed by atoms with Crippen molar-refractivity contribution in [3.63, 3.8) is 0 Å². The van der Waals surface area contributed by atoms with Gasteiger partial charge in [0.2, 0.25) is 10.0 Å². The van der Waals surface area contributed by atoms with E-state index < -0.39 is 10.0 Å². The van der Waals surface area contributed by atoms with Crippen molar-refractivity contribution >= 4 is 15.8 Å². The molecule has 0 aliphatic heterocycles. The molecule has 1 atom stereocenters. The van der Waals surface area contributed by atoms with E-state index in [-0.39, 0.29) is 22.7 Å². The second-order valence-corrected chi connectivity index (χ2v) is 6.96. The van der Waals surface area contributed by atoms with Crippen LogP contribution in [0.1, 0.15) is 34.1 Å². The van der Waals surface area contributed by atoms with Crippen LogP contribution in [0.2, 0.25) is 0 Å². The first-order chi connectivity index (χ1) is 9.81. The summed E-state index contributed by atoms with van der Waals surface area (Å²) in [6.45, 7) is 9.25. The van der Waals surface area contributed by atoms with E-state index >= 15 is 0 Å². The number of aromatic nitrogens is 2. The van der Waals surface area contributed by atoms with Crippen LogP contribution in [0, 0.1) is 5.92 Å². The zero-order valence-corrected chi connectivity index (χ0v) is 14.0. The number of nitrogens with two attached hydrogens (primary N) is 1. The first-order valence-electron chi connectivity index (χ1n) is 7.24. The Morgan fingerprint density at radius 1 is 1.43 bits per heavy atom. The molecule has 122 valence electrons. The predicted molar refractivity (Wildman–Crippen MR) is 82.4 cm³/mol. The van der Waals surface area contributed by atoms with Gasteiger partial charge < -0.3 is 10.5 Å². The summed E-state index contributed by atoms with van der Waals surface area (Å²) >= 11 is 0. The fraction of sp³-hybridized carbons (Fsp3) is 0.769. The summed E-state index contributed by atoms with van der Waals surface area (Å²) < 4.78 is 34.4. The van der Waals surface area contributed by atoms with Gasteiger partial charge in [0.25, 0.3) is 0 Å². The van der Waals surface area contributed by atoms with Gasteiger partial charge >= 0.3 is 0 Å². The molecule has 1 rings (SSSR count). The van der Waals surface area contributed by atoms with E-state index in [9.17, 15) is 8.42 Å². The third-order valence-corrected chi connectivity index (χ3v) is 4.62. The lowest BCUT2D eigenvalue weighted by Crippen LogP contribution is -2.41. The largest absolute Gasteiger partial charge is 0.381 e. The monoisotopic (exact) mass is 318 g/mol. The molecule has 0 aliphatic carbocycles. The molecule has 1 aromatic rings. The van der Waals surface area contributed by atoms with Crippen molar-refractivity contribution in [1.82, 2.24) is 14.5 Å². The normalized spacial score (nSPS) is 13.8. The summed E-state index contributed by atoms with van der Waals surface area (Å²) in [7, 11) is -3.70. The smallest absolute Gasteiger partial charge is 0.246 e. The average molecular weight is 318 g/mol. The van der Waals surface area contributed by atoms with Crippen molar-refractivity contribution in [3.8, 4) is 0 Å². The Hall–Kier alpha value is -1.12. The summed E-state index contributed by atoms with van der Waals surface area (Å²) in [5, 5.41) is 4.02. The van der Waals surface area contributed by atoms with E-state index in [4.69, 9.17) is 10.5 Å². The Kier molecular flexibility index (Phi) is 6.63. The van der Waals surface area contributed by atoms with Crippen molar-refractivity contribution in [2.75, 3.05) is 18.9 Å². The van der Waals surface area contributed by atoms with Crippen LogP contribution in [-0.4, -0.2) is 37.5 Å². The highest BCUT2D eigenvalue weighted by atomic mass is 32.2. The number of ether oxygens (including phenoxy) is 1. The number of nitrogen functional groups attached to an aromatic ring is 1. The molecule has 21 heavy (non-hydrogen) atoms. The second-order valence-electron chi connectivity index (χ2n) is 5.27. The van der Waals surface area contributed by atoms with Gasteiger partial charge in [-0.15, -0.1) is 0 Å². The SMILES string of the molecule is CCCn1cc(S(=O)(=O)NC(COCC)C(C)C)c(N)n1. The maximum atomic E-state index is 12.4. The Labute approximate surface area is 126 Å². The molecule has 0 saturated carbocycles. The molecule has 1 heterocycles. The van der Waals surface area contributed by atoms with E-state index in [0.29, 0.717) is 19.8 Å². The Morgan fingerprint density at radius 3 is 2.62 bits per heavy atom. The van der Waals surface area contributed by atoms with Crippen molar-refractivity contribution in [3.05, 3.63) is 6.20 Å². The zero-order chi connectivity index (χ0) is 16.0. The first kappa shape index (κ1) is 17.9. The molecule has 0 fully saturated rings. The standard InChI is InChI=1S/C13H26N4O3S/c1-5-7-17-8-12(13(14)15-17)21(18,19)16-11(10(3)4)9-20-6-2/h8,10-11,16H,5-7,9H2,1-4H3,(H2,14,15). The fourth-order valence-electron chi connectivity index (χ4n) is 1.84. The molecule has 1 unspecified atom stereocenters. The number of anilines is 1. The van der Waals surface area contributed by atoms with Gasteiger partial charge in [-0.25, -0.2) is 13.1 Å². The zero-order valence-electron chi connectivity index (χ0n) is 13.2. The molecular formula is C13H26N4O3S. The highest BCUT2D eigenvalue weighted by Crippen LogP contribution is 2.18. The fourth-order valence-corrected chi connectivity index (χ4v) is 3.28. The number of rotatable bonds is 9. The molecular weight excluding hydrogens is 292 g/mol. The van der Waals surface area contributed by atoms with Gasteiger partial charge in [-0.2, -0.15) is 5.10 Å². The van der Waals surface area contributed by atoms with Crippen molar-refractivity contribution < 1.29 is 13.2 Å². The molecule has 0 spiro atoms. The third kappa shape index (κ3) is 4.98. The lowest BCUT2D eigenvalue weighted by molar-refractivity contribution is 0.116. The van der Waals surface area contributed by atoms with Gasteiger partial charge in [0.1, 0.15) is 4.90 Å². The van der Waals surface area contributed by atoms with Gasteiger partial charge in [0.15, 0.2) is 5.82 Å². The van der Waals surface area contributed by atoms with Gasteiger partial charge in [-0.05, 0) is 19.3 Å². The van der Waals surface area contributed by atoms with Crippen molar-refractivity contribution in [2.24, 2.45) is 5.92 Å². The number of hydrogen-bond donors (Lipinski definition) is 2. The Morgan fingerprint density at radius 2 is 2.10 bits per heavy atom. The van der Waals surface area contributed by atoms with Crippen molar-refractivity contribution in [1.29, 1.82) is 0 Å². The van der Waals surface area contributed by atoms with Gasteiger partial charge in [0, 0.05) is 25.4 Å². The van der Waals surface area contributed by atoms with Gasteiger partial charge in [-0.1, -0.05) is 20.8 Å². The summed E-state index contributed by atoms with van der Waals surface area (Å²) in [4.78, 5) is 0.0260. The number of aryl methyl sites for hydroxylation is 1. The Bertz CT molecular complexity index is 540. The number of hydrogen-bond acceptors (Lipinski definition) is 5. The summed E-state index contributed by atoms with van der Waals surface area (Å²) in [5.41, 5.74) is 5.73. The lowest BCUT2D eigenvalue weighted by Gasteiger charge is -2.21. The minimum atomic E-state index is -3.70. The van der Waals surface area contributed by atoms with E-state index in [1.54, 1.807) is 4.68 Å². The first-order valence-corrected chi connectivity index (χ1v) is 8.73. The van der Waals surface area contributed by atoms with Crippen LogP contribution in [0.3, 0.4) is 0 Å². The van der Waals surface area contributed by atoms with Crippen LogP contribution >= 0.6 is 0 Å². The van der Waals surface area contributed by atoms with E-state index in [1.165, 1.54) is 6.20 Å². The van der Waals surface area contributed by atoms with E-state index in [0.717, 1.165) is 6.42 Å². The lowest BCUT2D eigenvalue weighted by atomic mass is 10.1. The number of nitrogens with zero attached hydrogens (tertiary/aromatic N) is 2. The quantitative estimate of drug-likeness (QED) is 0.713. The van der Waals surface area contributed by atoms with Crippen LogP contribution < -0.4 is 10.5 Å². The number of nitrogens with one attached hydrogen (secondary N) is 1. The van der Waals surface area contributed by atoms with Crippen LogP contribution in [0.5, 0.6) is 0 Å². The minimum Gasteiger partial charge on any atom is -0.381 e. The topological polar surface area (TPSA) is 99.2 Å². The Balaban J connectivity index is 2.93. The van der Waals surface area contributed by atoms with Gasteiger partial charge in [0.05, 0.1) is 6.61 Å². The maximum absolute atomic E-state index is 12.4. The maximum Gasteiger partial charge on any atom is 0.246 e. The van der Waals surface area contributed by atoms with Crippen LogP contribution in [-0.2, 0) is 21.3 Å². The van der Waals surface area contributed by atoms with Crippen molar-refractivity contribution in [2.45, 2.75) is 51.6 Å². The minimum absolute atomic E-state index is 0.0230. The van der Waals surface area contributed by atoms with Gasteiger partial charge in [-0.3, -0.25) is 4.68 Å². The molecule has 7 nitrogen and oxygen atoms in total. The summed E-state index contributed by atoms with van der Waals surface area (Å²) in [5.74, 6) is 0.133. The number of sulfonamides is 1. The molecule has 3 N–H and O–H groups in total. The highest BCUT2D eigenvalue weighted by molar-refractivity contribution is 7.89. The molecule has 0 saturated heterocycles. The van der Waals surface area contributed by atoms with Crippen LogP contribution in [0.25, 0.3) is 0 Å². The average Bonchev–Trinajstić information content (AvgIpc) is 2.76. The highest BCUT2D eigenvalue weighted by Gasteiger charge is 2.26. The molecule has 8 heteroatoms. The third-order valence-electron chi connectivity index (χ3n) is 3.11. The summed E-state index contributed by atoms with van der Waals surface area (Å²) in [6, 6.07) is -0.302. The predicted octanol–water partition coefficient (Wildman–Crippen LogP) is 1.21. The molecule has 0 aliphatic rings. The second kappa shape index (κ2) is 7.77. The molecule has 0 aromatic carbocycles. The molecule has 1 aromatic heterocycles. The van der Waals surface area contributed by atoms with E-state index in [2.05, 4.69) is 9.82 Å². The van der Waals surface area contributed by atoms with Crippen LogP contribution in [0.4, 0.5) is 5.82 Å². The van der Waals surface area contributed by atoms with E-state index in [1.807, 2.05) is 27.7 Å².